The molecule has 2 aromatic rings. The van der Waals surface area contributed by atoms with Crippen molar-refractivity contribution in [1.29, 1.82) is 0 Å². The van der Waals surface area contributed by atoms with Crippen LogP contribution in [0.4, 0.5) is 0 Å². The van der Waals surface area contributed by atoms with E-state index >= 15 is 0 Å². The molecule has 4 nitrogen and oxygen atoms in total. The van der Waals surface area contributed by atoms with Gasteiger partial charge in [-0.2, -0.15) is 10.2 Å². The first-order valence-corrected chi connectivity index (χ1v) is 5.67. The zero-order chi connectivity index (χ0) is 12.8. The van der Waals surface area contributed by atoms with E-state index in [4.69, 9.17) is 0 Å². The summed E-state index contributed by atoms with van der Waals surface area (Å²) in [7, 11) is 0. The van der Waals surface area contributed by atoms with E-state index in [9.17, 15) is 0 Å². The summed E-state index contributed by atoms with van der Waals surface area (Å²) in [4.78, 5) is 8.10. The first-order valence-electron chi connectivity index (χ1n) is 5.67. The number of hydrogen-bond acceptors (Lipinski definition) is 4. The van der Waals surface area contributed by atoms with E-state index < -0.39 is 0 Å². The van der Waals surface area contributed by atoms with Crippen LogP contribution in [0.15, 0.2) is 59.3 Å². The highest BCUT2D eigenvalue weighted by molar-refractivity contribution is 6.01. The number of pyridine rings is 2. The summed E-state index contributed by atoms with van der Waals surface area (Å²) in [5, 5.41) is 8.42. The molecule has 0 saturated carbocycles. The van der Waals surface area contributed by atoms with Crippen LogP contribution in [0.5, 0.6) is 0 Å². The molecule has 0 aliphatic heterocycles. The maximum atomic E-state index is 4.21. The molecule has 0 aliphatic carbocycles. The van der Waals surface area contributed by atoms with Crippen LogP contribution in [0.25, 0.3) is 0 Å². The average Bonchev–Trinajstić information content (AvgIpc) is 2.46. The van der Waals surface area contributed by atoms with Crippen LogP contribution in [-0.4, -0.2) is 21.4 Å². The van der Waals surface area contributed by atoms with Gasteiger partial charge in [0.2, 0.25) is 0 Å². The maximum Gasteiger partial charge on any atom is 0.0687 e. The molecule has 0 bridgehead atoms. The van der Waals surface area contributed by atoms with Gasteiger partial charge in [-0.05, 0) is 26.0 Å². The lowest BCUT2D eigenvalue weighted by Gasteiger charge is -1.99. The van der Waals surface area contributed by atoms with Gasteiger partial charge in [0.1, 0.15) is 0 Å². The molecular weight excluding hydrogens is 224 g/mol. The van der Waals surface area contributed by atoms with E-state index in [0.717, 1.165) is 22.6 Å². The van der Waals surface area contributed by atoms with Crippen molar-refractivity contribution in [3.8, 4) is 0 Å². The average molecular weight is 238 g/mol. The van der Waals surface area contributed by atoms with Gasteiger partial charge in [0, 0.05) is 35.9 Å². The predicted molar refractivity (Wildman–Crippen MR) is 72.9 cm³/mol. The minimum Gasteiger partial charge on any atom is -0.264 e. The van der Waals surface area contributed by atoms with Crippen LogP contribution in [0.3, 0.4) is 0 Å². The smallest absolute Gasteiger partial charge is 0.0687 e. The first kappa shape index (κ1) is 12.1. The van der Waals surface area contributed by atoms with Gasteiger partial charge in [-0.3, -0.25) is 9.97 Å². The summed E-state index contributed by atoms with van der Waals surface area (Å²) in [5.41, 5.74) is 3.62. The zero-order valence-electron chi connectivity index (χ0n) is 10.4. The Balaban J connectivity index is 2.20. The van der Waals surface area contributed by atoms with Gasteiger partial charge in [-0.15, -0.1) is 0 Å². The Labute approximate surface area is 106 Å². The van der Waals surface area contributed by atoms with Gasteiger partial charge in [-0.1, -0.05) is 12.1 Å². The summed E-state index contributed by atoms with van der Waals surface area (Å²) in [6, 6.07) is 7.68. The van der Waals surface area contributed by atoms with Crippen LogP contribution >= 0.6 is 0 Å². The van der Waals surface area contributed by atoms with Crippen molar-refractivity contribution >= 4 is 11.4 Å². The Morgan fingerprint density at radius 3 is 1.61 bits per heavy atom. The molecule has 4 heteroatoms. The molecule has 0 saturated heterocycles. The number of hydrogen-bond donors (Lipinski definition) is 0. The second-order valence-electron chi connectivity index (χ2n) is 3.85. The molecule has 0 N–H and O–H groups in total. The van der Waals surface area contributed by atoms with Crippen molar-refractivity contribution in [2.24, 2.45) is 10.2 Å². The van der Waals surface area contributed by atoms with E-state index in [2.05, 4.69) is 20.2 Å². The fourth-order valence-corrected chi connectivity index (χ4v) is 1.42. The lowest BCUT2D eigenvalue weighted by Crippen LogP contribution is -1.97. The fraction of sp³-hybridized carbons (Fsp3) is 0.143. The van der Waals surface area contributed by atoms with Crippen LogP contribution in [0.1, 0.15) is 25.0 Å². The first-order chi connectivity index (χ1) is 8.77. The molecule has 0 unspecified atom stereocenters. The lowest BCUT2D eigenvalue weighted by molar-refractivity contribution is 1.20. The summed E-state index contributed by atoms with van der Waals surface area (Å²) >= 11 is 0. The largest absolute Gasteiger partial charge is 0.264 e. The molecule has 0 amide bonds. The molecule has 0 spiro atoms. The molecule has 2 heterocycles. The van der Waals surface area contributed by atoms with Gasteiger partial charge < -0.3 is 0 Å². The third-order valence-electron chi connectivity index (χ3n) is 2.51. The summed E-state index contributed by atoms with van der Waals surface area (Å²) < 4.78 is 0. The van der Waals surface area contributed by atoms with E-state index in [1.54, 1.807) is 24.8 Å². The Bertz CT molecular complexity index is 505. The molecule has 2 aromatic heterocycles. The standard InChI is InChI=1S/C14H14N4/c1-11(13-5-3-7-15-9-13)17-18-12(2)14-6-4-8-16-10-14/h3-10H,1-2H3/b17-11-,18-12+. The predicted octanol–water partition coefficient (Wildman–Crippen LogP) is 2.71. The summed E-state index contributed by atoms with van der Waals surface area (Å²) in [6.45, 7) is 3.83. The number of aromatic nitrogens is 2. The van der Waals surface area contributed by atoms with Crippen molar-refractivity contribution in [3.05, 3.63) is 60.2 Å². The Kier molecular flexibility index (Phi) is 3.91. The third kappa shape index (κ3) is 3.07. The summed E-state index contributed by atoms with van der Waals surface area (Å²) in [6.07, 6.45) is 7.02. The van der Waals surface area contributed by atoms with Gasteiger partial charge in [0.25, 0.3) is 0 Å². The third-order valence-corrected chi connectivity index (χ3v) is 2.51. The highest BCUT2D eigenvalue weighted by atomic mass is 15.2. The quantitative estimate of drug-likeness (QED) is 0.609. The van der Waals surface area contributed by atoms with Gasteiger partial charge >= 0.3 is 0 Å². The lowest BCUT2D eigenvalue weighted by atomic mass is 10.2. The monoisotopic (exact) mass is 238 g/mol. The van der Waals surface area contributed by atoms with Crippen LogP contribution in [0, 0.1) is 0 Å². The SMILES string of the molecule is C/C(=N/N=C(\C)c1cccnc1)c1cccnc1. The molecule has 2 rings (SSSR count). The molecule has 90 valence electrons. The van der Waals surface area contributed by atoms with Crippen molar-refractivity contribution in [1.82, 2.24) is 9.97 Å². The van der Waals surface area contributed by atoms with E-state index in [1.165, 1.54) is 0 Å². The Morgan fingerprint density at radius 1 is 0.833 bits per heavy atom. The normalized spacial score (nSPS) is 12.6. The second kappa shape index (κ2) is 5.82. The van der Waals surface area contributed by atoms with Crippen molar-refractivity contribution in [3.63, 3.8) is 0 Å². The van der Waals surface area contributed by atoms with Gasteiger partial charge in [-0.25, -0.2) is 0 Å². The van der Waals surface area contributed by atoms with E-state index in [-0.39, 0.29) is 0 Å². The molecule has 18 heavy (non-hydrogen) atoms. The topological polar surface area (TPSA) is 50.5 Å². The Hall–Kier alpha value is -2.36. The highest BCUT2D eigenvalue weighted by Crippen LogP contribution is 2.02. The van der Waals surface area contributed by atoms with E-state index in [1.807, 2.05) is 38.1 Å². The van der Waals surface area contributed by atoms with E-state index in [0.29, 0.717) is 0 Å². The Morgan fingerprint density at radius 2 is 1.28 bits per heavy atom. The van der Waals surface area contributed by atoms with Crippen molar-refractivity contribution in [2.45, 2.75) is 13.8 Å². The van der Waals surface area contributed by atoms with Crippen LogP contribution in [-0.2, 0) is 0 Å². The number of nitrogens with zero attached hydrogens (tertiary/aromatic N) is 4. The van der Waals surface area contributed by atoms with Crippen molar-refractivity contribution in [2.75, 3.05) is 0 Å². The fourth-order valence-electron chi connectivity index (χ4n) is 1.42. The highest BCUT2D eigenvalue weighted by Gasteiger charge is 1.98. The maximum absolute atomic E-state index is 4.21. The van der Waals surface area contributed by atoms with Crippen LogP contribution < -0.4 is 0 Å². The van der Waals surface area contributed by atoms with Crippen molar-refractivity contribution < 1.29 is 0 Å². The molecule has 0 radical (unpaired) electrons. The minimum absolute atomic E-state index is 0.839. The van der Waals surface area contributed by atoms with Gasteiger partial charge in [0.05, 0.1) is 11.4 Å². The zero-order valence-corrected chi connectivity index (χ0v) is 10.4. The molecular formula is C14H14N4. The molecule has 0 aromatic carbocycles. The summed E-state index contributed by atoms with van der Waals surface area (Å²) in [5.74, 6) is 0. The van der Waals surface area contributed by atoms with Gasteiger partial charge in [0.15, 0.2) is 0 Å². The minimum atomic E-state index is 0.839. The van der Waals surface area contributed by atoms with Crippen LogP contribution in [0.2, 0.25) is 0 Å². The second-order valence-corrected chi connectivity index (χ2v) is 3.85. The molecule has 0 atom stereocenters. The molecule has 0 aliphatic rings. The number of rotatable bonds is 3. The molecule has 0 fully saturated rings.